The van der Waals surface area contributed by atoms with Gasteiger partial charge < -0.3 is 20.3 Å². The maximum atomic E-state index is 5.90. The van der Waals surface area contributed by atoms with Crippen LogP contribution in [0.3, 0.4) is 0 Å². The fraction of sp³-hybridized carbons (Fsp3) is 0.714. The van der Waals surface area contributed by atoms with Gasteiger partial charge in [-0.2, -0.15) is 0 Å². The second-order valence-corrected chi connectivity index (χ2v) is 7.65. The number of rotatable bonds is 9. The Kier molecular flexibility index (Phi) is 9.50. The summed E-state index contributed by atoms with van der Waals surface area (Å²) in [7, 11) is 1.80. The Morgan fingerprint density at radius 1 is 1.32 bits per heavy atom. The first kappa shape index (κ1) is 22.4. The van der Waals surface area contributed by atoms with Crippen LogP contribution in [0.1, 0.15) is 33.3 Å². The topological polar surface area (TPSA) is 65.0 Å². The van der Waals surface area contributed by atoms with E-state index in [4.69, 9.17) is 4.74 Å². The minimum absolute atomic E-state index is 0.195. The molecule has 0 amide bonds. The van der Waals surface area contributed by atoms with Gasteiger partial charge in [0.25, 0.3) is 0 Å². The van der Waals surface area contributed by atoms with E-state index in [1.807, 2.05) is 6.20 Å². The van der Waals surface area contributed by atoms with Gasteiger partial charge in [0.05, 0.1) is 12.7 Å². The molecule has 1 saturated heterocycles. The van der Waals surface area contributed by atoms with Crippen molar-refractivity contribution in [2.24, 2.45) is 10.9 Å². The number of guanidine groups is 1. The van der Waals surface area contributed by atoms with E-state index in [-0.39, 0.29) is 6.10 Å². The molecule has 0 aliphatic carbocycles. The lowest BCUT2D eigenvalue weighted by atomic mass is 10.2. The van der Waals surface area contributed by atoms with Gasteiger partial charge in [-0.05, 0) is 31.4 Å². The minimum atomic E-state index is 0.195. The van der Waals surface area contributed by atoms with Crippen molar-refractivity contribution in [1.29, 1.82) is 0 Å². The van der Waals surface area contributed by atoms with Crippen molar-refractivity contribution < 1.29 is 4.74 Å². The molecule has 1 fully saturated rings. The predicted molar refractivity (Wildman–Crippen MR) is 117 cm³/mol. The maximum Gasteiger partial charge on any atom is 0.191 e. The SMILES string of the molecule is CCN(CC)c1ccc(CNC(=NC)NCC2CN(CC(C)C)CCO2)cn1. The average molecular weight is 391 g/mol. The van der Waals surface area contributed by atoms with Gasteiger partial charge in [0.1, 0.15) is 5.82 Å². The van der Waals surface area contributed by atoms with Gasteiger partial charge in [-0.15, -0.1) is 0 Å². The number of aliphatic imine (C=N–C) groups is 1. The summed E-state index contributed by atoms with van der Waals surface area (Å²) in [5, 5.41) is 6.75. The van der Waals surface area contributed by atoms with Crippen molar-refractivity contribution in [3.63, 3.8) is 0 Å². The highest BCUT2D eigenvalue weighted by Crippen LogP contribution is 2.11. The first-order valence-electron chi connectivity index (χ1n) is 10.5. The van der Waals surface area contributed by atoms with E-state index in [9.17, 15) is 0 Å². The van der Waals surface area contributed by atoms with Gasteiger partial charge >= 0.3 is 0 Å². The molecule has 0 saturated carbocycles. The van der Waals surface area contributed by atoms with E-state index >= 15 is 0 Å². The Balaban J connectivity index is 1.77. The average Bonchev–Trinajstić information content (AvgIpc) is 2.70. The van der Waals surface area contributed by atoms with Gasteiger partial charge in [-0.1, -0.05) is 19.9 Å². The van der Waals surface area contributed by atoms with Gasteiger partial charge in [0, 0.05) is 59.1 Å². The highest BCUT2D eigenvalue weighted by molar-refractivity contribution is 5.79. The molecular weight excluding hydrogens is 352 g/mol. The second kappa shape index (κ2) is 11.9. The summed E-state index contributed by atoms with van der Waals surface area (Å²) >= 11 is 0. The monoisotopic (exact) mass is 390 g/mol. The zero-order valence-electron chi connectivity index (χ0n) is 18.2. The van der Waals surface area contributed by atoms with Crippen LogP contribution in [0.25, 0.3) is 0 Å². The lowest BCUT2D eigenvalue weighted by molar-refractivity contribution is -0.0284. The third-order valence-electron chi connectivity index (χ3n) is 4.92. The van der Waals surface area contributed by atoms with E-state index < -0.39 is 0 Å². The van der Waals surface area contributed by atoms with Gasteiger partial charge in [0.15, 0.2) is 5.96 Å². The summed E-state index contributed by atoms with van der Waals surface area (Å²) in [5.74, 6) is 2.50. The molecule has 1 unspecified atom stereocenters. The second-order valence-electron chi connectivity index (χ2n) is 7.65. The lowest BCUT2D eigenvalue weighted by Gasteiger charge is -2.34. The van der Waals surface area contributed by atoms with E-state index in [0.29, 0.717) is 12.5 Å². The Morgan fingerprint density at radius 3 is 2.71 bits per heavy atom. The molecule has 1 aliphatic heterocycles. The Morgan fingerprint density at radius 2 is 2.11 bits per heavy atom. The predicted octanol–water partition coefficient (Wildman–Crippen LogP) is 1.95. The van der Waals surface area contributed by atoms with Crippen LogP contribution in [0.4, 0.5) is 5.82 Å². The molecule has 0 spiro atoms. The van der Waals surface area contributed by atoms with Crippen molar-refractivity contribution in [2.45, 2.75) is 40.3 Å². The van der Waals surface area contributed by atoms with Crippen LogP contribution in [-0.2, 0) is 11.3 Å². The normalized spacial score (nSPS) is 18.4. The summed E-state index contributed by atoms with van der Waals surface area (Å²) < 4.78 is 5.90. The van der Waals surface area contributed by atoms with E-state index in [2.05, 4.69) is 70.2 Å². The number of nitrogens with zero attached hydrogens (tertiary/aromatic N) is 4. The van der Waals surface area contributed by atoms with Crippen molar-refractivity contribution >= 4 is 11.8 Å². The summed E-state index contributed by atoms with van der Waals surface area (Å²) in [6, 6.07) is 4.20. The van der Waals surface area contributed by atoms with Crippen molar-refractivity contribution in [3.8, 4) is 0 Å². The third kappa shape index (κ3) is 7.28. The van der Waals surface area contributed by atoms with E-state index in [0.717, 1.165) is 63.2 Å². The Labute approximate surface area is 170 Å². The minimum Gasteiger partial charge on any atom is -0.374 e. The van der Waals surface area contributed by atoms with Crippen LogP contribution in [0.2, 0.25) is 0 Å². The third-order valence-corrected chi connectivity index (χ3v) is 4.92. The van der Waals surface area contributed by atoms with E-state index in [1.54, 1.807) is 7.05 Å². The van der Waals surface area contributed by atoms with Crippen molar-refractivity contribution in [3.05, 3.63) is 23.9 Å². The molecule has 2 rings (SSSR count). The molecule has 1 aliphatic rings. The quantitative estimate of drug-likeness (QED) is 0.496. The standard InChI is InChI=1S/C21H38N6O/c1-6-27(7-2)20-9-8-18(12-23-20)13-24-21(22-5)25-14-19-16-26(10-11-28-19)15-17(3)4/h8-9,12,17,19H,6-7,10-11,13-16H2,1-5H3,(H2,22,24,25). The van der Waals surface area contributed by atoms with Crippen LogP contribution in [-0.4, -0.2) is 74.9 Å². The molecule has 7 heteroatoms. The summed E-state index contributed by atoms with van der Waals surface area (Å²) in [4.78, 5) is 13.6. The number of morpholine rings is 1. The number of hydrogen-bond donors (Lipinski definition) is 2. The largest absolute Gasteiger partial charge is 0.374 e. The number of pyridine rings is 1. The molecule has 0 bridgehead atoms. The van der Waals surface area contributed by atoms with Crippen molar-refractivity contribution in [2.75, 3.05) is 57.8 Å². The number of hydrogen-bond acceptors (Lipinski definition) is 5. The molecule has 1 aromatic rings. The van der Waals surface area contributed by atoms with E-state index in [1.165, 1.54) is 0 Å². The lowest BCUT2D eigenvalue weighted by Crippen LogP contribution is -2.50. The van der Waals surface area contributed by atoms with Crippen LogP contribution in [0.5, 0.6) is 0 Å². The first-order chi connectivity index (χ1) is 13.5. The summed E-state index contributed by atoms with van der Waals surface area (Å²) in [5.41, 5.74) is 1.14. The van der Waals surface area contributed by atoms with Gasteiger partial charge in [0.2, 0.25) is 0 Å². The number of aromatic nitrogens is 1. The molecule has 1 atom stereocenters. The molecule has 2 N–H and O–H groups in total. The van der Waals surface area contributed by atoms with Crippen molar-refractivity contribution in [1.82, 2.24) is 20.5 Å². The molecule has 2 heterocycles. The Bertz CT molecular complexity index is 585. The fourth-order valence-corrected chi connectivity index (χ4v) is 3.46. The number of nitrogens with one attached hydrogen (secondary N) is 2. The number of ether oxygens (including phenoxy) is 1. The van der Waals surface area contributed by atoms with Crippen LogP contribution in [0, 0.1) is 5.92 Å². The maximum absolute atomic E-state index is 5.90. The van der Waals surface area contributed by atoms with Crippen LogP contribution in [0.15, 0.2) is 23.3 Å². The van der Waals surface area contributed by atoms with Crippen LogP contribution >= 0.6 is 0 Å². The molecule has 28 heavy (non-hydrogen) atoms. The molecular formula is C21H38N6O. The zero-order valence-corrected chi connectivity index (χ0v) is 18.2. The Hall–Kier alpha value is -1.86. The summed E-state index contributed by atoms with van der Waals surface area (Å²) in [6.45, 7) is 16.1. The molecule has 158 valence electrons. The van der Waals surface area contributed by atoms with Gasteiger partial charge in [-0.3, -0.25) is 9.89 Å². The zero-order chi connectivity index (χ0) is 20.4. The smallest absolute Gasteiger partial charge is 0.191 e. The van der Waals surface area contributed by atoms with Gasteiger partial charge in [-0.25, -0.2) is 4.98 Å². The highest BCUT2D eigenvalue weighted by Gasteiger charge is 2.21. The fourth-order valence-electron chi connectivity index (χ4n) is 3.46. The molecule has 0 radical (unpaired) electrons. The molecule has 1 aromatic heterocycles. The molecule has 7 nitrogen and oxygen atoms in total. The first-order valence-corrected chi connectivity index (χ1v) is 10.5. The molecule has 0 aromatic carbocycles. The number of anilines is 1. The highest BCUT2D eigenvalue weighted by atomic mass is 16.5. The summed E-state index contributed by atoms with van der Waals surface area (Å²) in [6.07, 6.45) is 2.13. The van der Waals surface area contributed by atoms with Crippen LogP contribution < -0.4 is 15.5 Å².